The summed E-state index contributed by atoms with van der Waals surface area (Å²) in [5.74, 6) is 0.959. The van der Waals surface area contributed by atoms with Crippen LogP contribution in [0.3, 0.4) is 0 Å². The number of para-hydroxylation sites is 1. The van der Waals surface area contributed by atoms with E-state index < -0.39 is 5.60 Å². The van der Waals surface area contributed by atoms with E-state index >= 15 is 0 Å². The summed E-state index contributed by atoms with van der Waals surface area (Å²) >= 11 is 0. The number of fused-ring (bicyclic) bond motifs is 2. The van der Waals surface area contributed by atoms with Crippen LogP contribution in [0.4, 0.5) is 4.79 Å². The maximum absolute atomic E-state index is 12.2. The van der Waals surface area contributed by atoms with Crippen LogP contribution < -0.4 is 4.74 Å². The van der Waals surface area contributed by atoms with Crippen LogP contribution in [-0.4, -0.2) is 53.8 Å². The first kappa shape index (κ1) is 15.2. The van der Waals surface area contributed by atoms with Gasteiger partial charge in [-0.1, -0.05) is 18.2 Å². The average molecular weight is 304 g/mol. The number of hydrogen-bond donors (Lipinski definition) is 0. The Kier molecular flexibility index (Phi) is 4.00. The van der Waals surface area contributed by atoms with Gasteiger partial charge >= 0.3 is 6.09 Å². The average Bonchev–Trinajstić information content (AvgIpc) is 2.63. The number of piperazine rings is 1. The predicted molar refractivity (Wildman–Crippen MR) is 83.9 cm³/mol. The first-order valence-electron chi connectivity index (χ1n) is 7.85. The summed E-state index contributed by atoms with van der Waals surface area (Å²) in [4.78, 5) is 16.4. The van der Waals surface area contributed by atoms with Crippen LogP contribution in [0.15, 0.2) is 24.3 Å². The predicted octanol–water partition coefficient (Wildman–Crippen LogP) is 2.50. The fraction of sp³-hybridized carbons (Fsp3) is 0.588. The van der Waals surface area contributed by atoms with Crippen LogP contribution in [0.2, 0.25) is 0 Å². The maximum atomic E-state index is 12.2. The summed E-state index contributed by atoms with van der Waals surface area (Å²) < 4.78 is 11.4. The molecule has 0 N–H and O–H groups in total. The first-order chi connectivity index (χ1) is 10.4. The second-order valence-electron chi connectivity index (χ2n) is 6.97. The zero-order valence-corrected chi connectivity index (χ0v) is 13.5. The van der Waals surface area contributed by atoms with Gasteiger partial charge in [-0.05, 0) is 26.8 Å². The number of carbonyl (C=O) groups excluding carboxylic acids is 1. The highest BCUT2D eigenvalue weighted by Gasteiger charge is 2.34. The summed E-state index contributed by atoms with van der Waals surface area (Å²) in [6.45, 7) is 9.38. The Morgan fingerprint density at radius 3 is 2.82 bits per heavy atom. The standard InChI is InChI=1S/C17H24N2O3/c1-17(2,3)22-16(20)19-9-8-18-10-13-6-4-5-7-15(13)21-12-14(18)11-19/h4-7,14H,8-12H2,1-3H3. The van der Waals surface area contributed by atoms with Gasteiger partial charge in [0.15, 0.2) is 0 Å². The van der Waals surface area contributed by atoms with Crippen molar-refractivity contribution in [2.24, 2.45) is 0 Å². The molecule has 0 bridgehead atoms. The Bertz CT molecular complexity index is 553. The number of ether oxygens (including phenoxy) is 2. The van der Waals surface area contributed by atoms with Crippen molar-refractivity contribution in [3.63, 3.8) is 0 Å². The number of hydrogen-bond acceptors (Lipinski definition) is 4. The fourth-order valence-electron chi connectivity index (χ4n) is 2.93. The minimum atomic E-state index is -0.454. The van der Waals surface area contributed by atoms with Crippen LogP contribution in [0, 0.1) is 0 Å². The van der Waals surface area contributed by atoms with Crippen LogP contribution in [0.25, 0.3) is 0 Å². The van der Waals surface area contributed by atoms with Crippen molar-refractivity contribution >= 4 is 6.09 Å². The van der Waals surface area contributed by atoms with E-state index in [1.54, 1.807) is 4.90 Å². The molecule has 1 unspecified atom stereocenters. The summed E-state index contributed by atoms with van der Waals surface area (Å²) in [6.07, 6.45) is -0.228. The lowest BCUT2D eigenvalue weighted by atomic mass is 10.1. The Labute approximate surface area is 131 Å². The molecule has 1 fully saturated rings. The van der Waals surface area contributed by atoms with E-state index in [2.05, 4.69) is 11.0 Å². The third-order valence-corrected chi connectivity index (χ3v) is 4.03. The molecule has 1 amide bonds. The van der Waals surface area contributed by atoms with Gasteiger partial charge in [0, 0.05) is 31.7 Å². The molecule has 2 heterocycles. The quantitative estimate of drug-likeness (QED) is 0.738. The number of carbonyl (C=O) groups is 1. The molecule has 1 atom stereocenters. The molecular formula is C17H24N2O3. The third kappa shape index (κ3) is 3.35. The number of nitrogens with zero attached hydrogens (tertiary/aromatic N) is 2. The number of rotatable bonds is 0. The Balaban J connectivity index is 1.66. The molecular weight excluding hydrogens is 280 g/mol. The molecule has 5 nitrogen and oxygen atoms in total. The summed E-state index contributed by atoms with van der Waals surface area (Å²) in [5.41, 5.74) is 0.764. The second-order valence-corrected chi connectivity index (χ2v) is 6.97. The Hall–Kier alpha value is -1.75. The highest BCUT2D eigenvalue weighted by molar-refractivity contribution is 5.68. The van der Waals surface area contributed by atoms with E-state index in [0.717, 1.165) is 18.8 Å². The lowest BCUT2D eigenvalue weighted by Crippen LogP contribution is -2.56. The SMILES string of the molecule is CC(C)(C)OC(=O)N1CCN2Cc3ccccc3OCC2C1. The van der Waals surface area contributed by atoms with Gasteiger partial charge in [0.05, 0.1) is 6.04 Å². The van der Waals surface area contributed by atoms with Crippen molar-refractivity contribution in [1.29, 1.82) is 0 Å². The summed E-state index contributed by atoms with van der Waals surface area (Å²) in [6, 6.07) is 8.38. The van der Waals surface area contributed by atoms with Gasteiger partial charge in [0.25, 0.3) is 0 Å². The molecule has 5 heteroatoms. The van der Waals surface area contributed by atoms with Gasteiger partial charge < -0.3 is 14.4 Å². The van der Waals surface area contributed by atoms with Gasteiger partial charge in [0.1, 0.15) is 18.0 Å². The van der Waals surface area contributed by atoms with Crippen molar-refractivity contribution in [2.75, 3.05) is 26.2 Å². The monoisotopic (exact) mass is 304 g/mol. The van der Waals surface area contributed by atoms with Crippen molar-refractivity contribution < 1.29 is 14.3 Å². The molecule has 1 saturated heterocycles. The van der Waals surface area contributed by atoms with Gasteiger partial charge in [-0.2, -0.15) is 0 Å². The molecule has 22 heavy (non-hydrogen) atoms. The minimum absolute atomic E-state index is 0.216. The third-order valence-electron chi connectivity index (χ3n) is 4.03. The molecule has 120 valence electrons. The van der Waals surface area contributed by atoms with Crippen molar-refractivity contribution in [1.82, 2.24) is 9.80 Å². The molecule has 2 aliphatic rings. The van der Waals surface area contributed by atoms with E-state index in [9.17, 15) is 4.79 Å². The molecule has 0 saturated carbocycles. The Morgan fingerprint density at radius 1 is 1.27 bits per heavy atom. The van der Waals surface area contributed by atoms with Crippen molar-refractivity contribution in [2.45, 2.75) is 39.0 Å². The van der Waals surface area contributed by atoms with E-state index in [-0.39, 0.29) is 12.1 Å². The highest BCUT2D eigenvalue weighted by atomic mass is 16.6. The van der Waals surface area contributed by atoms with Gasteiger partial charge in [0.2, 0.25) is 0 Å². The van der Waals surface area contributed by atoms with Gasteiger partial charge in [-0.15, -0.1) is 0 Å². The fourth-order valence-corrected chi connectivity index (χ4v) is 2.93. The Morgan fingerprint density at radius 2 is 2.05 bits per heavy atom. The molecule has 2 aliphatic heterocycles. The molecule has 0 aromatic heterocycles. The zero-order valence-electron chi connectivity index (χ0n) is 13.5. The zero-order chi connectivity index (χ0) is 15.7. The normalized spacial score (nSPS) is 22.1. The van der Waals surface area contributed by atoms with E-state index in [1.165, 1.54) is 5.56 Å². The van der Waals surface area contributed by atoms with E-state index in [4.69, 9.17) is 9.47 Å². The number of benzene rings is 1. The number of amides is 1. The summed E-state index contributed by atoms with van der Waals surface area (Å²) in [5, 5.41) is 0. The maximum Gasteiger partial charge on any atom is 0.410 e. The summed E-state index contributed by atoms with van der Waals surface area (Å²) in [7, 11) is 0. The van der Waals surface area contributed by atoms with E-state index in [0.29, 0.717) is 19.7 Å². The van der Waals surface area contributed by atoms with Crippen LogP contribution in [0.1, 0.15) is 26.3 Å². The molecule has 0 spiro atoms. The minimum Gasteiger partial charge on any atom is -0.492 e. The van der Waals surface area contributed by atoms with Crippen LogP contribution in [0.5, 0.6) is 5.75 Å². The molecule has 1 aromatic rings. The molecule has 3 rings (SSSR count). The van der Waals surface area contributed by atoms with Crippen LogP contribution >= 0.6 is 0 Å². The topological polar surface area (TPSA) is 42.0 Å². The molecule has 0 radical (unpaired) electrons. The molecule has 0 aliphatic carbocycles. The first-order valence-corrected chi connectivity index (χ1v) is 7.85. The smallest absolute Gasteiger partial charge is 0.410 e. The van der Waals surface area contributed by atoms with Crippen molar-refractivity contribution in [3.8, 4) is 5.75 Å². The van der Waals surface area contributed by atoms with Gasteiger partial charge in [-0.3, -0.25) is 4.90 Å². The highest BCUT2D eigenvalue weighted by Crippen LogP contribution is 2.26. The van der Waals surface area contributed by atoms with E-state index in [1.807, 2.05) is 39.0 Å². The van der Waals surface area contributed by atoms with Gasteiger partial charge in [-0.25, -0.2) is 4.79 Å². The molecule has 1 aromatic carbocycles. The lowest BCUT2D eigenvalue weighted by Gasteiger charge is -2.40. The van der Waals surface area contributed by atoms with Crippen LogP contribution in [-0.2, 0) is 11.3 Å². The largest absolute Gasteiger partial charge is 0.492 e. The van der Waals surface area contributed by atoms with Crippen molar-refractivity contribution in [3.05, 3.63) is 29.8 Å². The second kappa shape index (κ2) is 5.80. The lowest BCUT2D eigenvalue weighted by molar-refractivity contribution is -0.00154.